The number of rotatable bonds is 8. The van der Waals surface area contributed by atoms with Crippen LogP contribution >= 0.6 is 11.6 Å². The van der Waals surface area contributed by atoms with Crippen LogP contribution in [0.1, 0.15) is 25.7 Å². The lowest BCUT2D eigenvalue weighted by molar-refractivity contribution is 0.202. The first-order chi connectivity index (χ1) is 7.61. The van der Waals surface area contributed by atoms with Crippen LogP contribution in [0.5, 0.6) is 0 Å². The molecule has 0 N–H and O–H groups in total. The van der Waals surface area contributed by atoms with Gasteiger partial charge in [0, 0.05) is 25.6 Å². The van der Waals surface area contributed by atoms with Gasteiger partial charge in [0.2, 0.25) is 10.0 Å². The van der Waals surface area contributed by atoms with Gasteiger partial charge in [-0.2, -0.15) is 4.31 Å². The van der Waals surface area contributed by atoms with Gasteiger partial charge in [-0.05, 0) is 19.3 Å². The number of sulfonamides is 1. The summed E-state index contributed by atoms with van der Waals surface area (Å²) in [5, 5.41) is 0. The normalized spacial score (nSPS) is 17.7. The minimum Gasteiger partial charge on any atom is -0.384 e. The molecule has 0 aliphatic heterocycles. The number of methoxy groups -OCH3 is 1. The molecule has 0 unspecified atom stereocenters. The Morgan fingerprint density at radius 2 is 2.12 bits per heavy atom. The van der Waals surface area contributed by atoms with Crippen LogP contribution in [0.4, 0.5) is 0 Å². The Morgan fingerprint density at radius 3 is 2.56 bits per heavy atom. The van der Waals surface area contributed by atoms with Gasteiger partial charge in [-0.25, -0.2) is 8.42 Å². The average Bonchev–Trinajstić information content (AvgIpc) is 2.18. The Balaban J connectivity index is 2.58. The number of halogens is 1. The molecule has 0 aromatic heterocycles. The van der Waals surface area contributed by atoms with Crippen molar-refractivity contribution in [3.05, 3.63) is 0 Å². The molecule has 4 nitrogen and oxygen atoms in total. The fraction of sp³-hybridized carbons (Fsp3) is 1.00. The molecule has 96 valence electrons. The topological polar surface area (TPSA) is 46.6 Å². The van der Waals surface area contributed by atoms with Crippen molar-refractivity contribution in [2.75, 3.05) is 31.9 Å². The molecule has 1 aliphatic rings. The highest BCUT2D eigenvalue weighted by Gasteiger charge is 2.32. The summed E-state index contributed by atoms with van der Waals surface area (Å²) in [5.74, 6) is 0.575. The molecule has 0 aromatic carbocycles. The van der Waals surface area contributed by atoms with Crippen molar-refractivity contribution < 1.29 is 13.2 Å². The molecular formula is C10H20ClNO3S. The maximum absolute atomic E-state index is 12.0. The first-order valence-electron chi connectivity index (χ1n) is 5.66. The zero-order valence-electron chi connectivity index (χ0n) is 9.69. The van der Waals surface area contributed by atoms with Crippen LogP contribution in [0.15, 0.2) is 0 Å². The molecule has 1 rings (SSSR count). The SMILES string of the molecule is COCCS(=O)(=O)N(CCCCl)C1CCC1. The maximum atomic E-state index is 12.0. The largest absolute Gasteiger partial charge is 0.384 e. The third kappa shape index (κ3) is 3.87. The van der Waals surface area contributed by atoms with Gasteiger partial charge in [0.05, 0.1) is 12.4 Å². The molecular weight excluding hydrogens is 250 g/mol. The predicted octanol–water partition coefficient (Wildman–Crippen LogP) is 1.45. The predicted molar refractivity (Wildman–Crippen MR) is 65.3 cm³/mol. The maximum Gasteiger partial charge on any atom is 0.216 e. The number of hydrogen-bond acceptors (Lipinski definition) is 3. The summed E-state index contributed by atoms with van der Waals surface area (Å²) in [7, 11) is -1.65. The molecule has 16 heavy (non-hydrogen) atoms. The van der Waals surface area contributed by atoms with E-state index < -0.39 is 10.0 Å². The monoisotopic (exact) mass is 269 g/mol. The van der Waals surface area contributed by atoms with Crippen LogP contribution in [0, 0.1) is 0 Å². The molecule has 1 saturated carbocycles. The lowest BCUT2D eigenvalue weighted by atomic mass is 9.93. The standard InChI is InChI=1S/C10H20ClNO3S/c1-15-8-9-16(13,14)12(7-3-6-11)10-4-2-5-10/h10H,2-9H2,1H3. The van der Waals surface area contributed by atoms with E-state index in [1.807, 2.05) is 0 Å². The minimum absolute atomic E-state index is 0.0717. The summed E-state index contributed by atoms with van der Waals surface area (Å²) in [6.45, 7) is 0.798. The van der Waals surface area contributed by atoms with Crippen LogP contribution in [-0.4, -0.2) is 50.7 Å². The molecule has 0 atom stereocenters. The van der Waals surface area contributed by atoms with E-state index in [0.717, 1.165) is 19.3 Å². The van der Waals surface area contributed by atoms with Gasteiger partial charge in [-0.3, -0.25) is 0 Å². The van der Waals surface area contributed by atoms with Gasteiger partial charge >= 0.3 is 0 Å². The fourth-order valence-electron chi connectivity index (χ4n) is 1.74. The molecule has 0 radical (unpaired) electrons. The molecule has 1 fully saturated rings. The van der Waals surface area contributed by atoms with Gasteiger partial charge in [0.15, 0.2) is 0 Å². The van der Waals surface area contributed by atoms with E-state index in [0.29, 0.717) is 18.8 Å². The van der Waals surface area contributed by atoms with Crippen molar-refractivity contribution in [3.63, 3.8) is 0 Å². The molecule has 0 saturated heterocycles. The smallest absolute Gasteiger partial charge is 0.216 e. The second kappa shape index (κ2) is 6.79. The molecule has 1 aliphatic carbocycles. The van der Waals surface area contributed by atoms with Crippen molar-refractivity contribution in [3.8, 4) is 0 Å². The van der Waals surface area contributed by atoms with Crippen molar-refractivity contribution >= 4 is 21.6 Å². The quantitative estimate of drug-likeness (QED) is 0.627. The van der Waals surface area contributed by atoms with Crippen LogP contribution in [-0.2, 0) is 14.8 Å². The van der Waals surface area contributed by atoms with Crippen molar-refractivity contribution in [2.45, 2.75) is 31.7 Å². The Bertz CT molecular complexity index is 290. The van der Waals surface area contributed by atoms with E-state index in [4.69, 9.17) is 16.3 Å². The van der Waals surface area contributed by atoms with E-state index in [9.17, 15) is 8.42 Å². The first-order valence-corrected chi connectivity index (χ1v) is 7.80. The van der Waals surface area contributed by atoms with Gasteiger partial charge < -0.3 is 4.74 Å². The van der Waals surface area contributed by atoms with Crippen LogP contribution in [0.25, 0.3) is 0 Å². The zero-order chi connectivity index (χ0) is 12.0. The van der Waals surface area contributed by atoms with Crippen LogP contribution < -0.4 is 0 Å². The van der Waals surface area contributed by atoms with Gasteiger partial charge in [0.25, 0.3) is 0 Å². The third-order valence-electron chi connectivity index (χ3n) is 2.90. The van der Waals surface area contributed by atoms with E-state index in [1.54, 1.807) is 4.31 Å². The molecule has 0 amide bonds. The van der Waals surface area contributed by atoms with Gasteiger partial charge in [-0.15, -0.1) is 11.6 Å². The molecule has 0 aromatic rings. The van der Waals surface area contributed by atoms with Gasteiger partial charge in [0.1, 0.15) is 0 Å². The molecule has 0 bridgehead atoms. The third-order valence-corrected chi connectivity index (χ3v) is 5.04. The Morgan fingerprint density at radius 1 is 1.44 bits per heavy atom. The fourth-order valence-corrected chi connectivity index (χ4v) is 3.55. The highest BCUT2D eigenvalue weighted by atomic mass is 35.5. The van der Waals surface area contributed by atoms with Crippen molar-refractivity contribution in [1.82, 2.24) is 4.31 Å². The van der Waals surface area contributed by atoms with Crippen molar-refractivity contribution in [1.29, 1.82) is 0 Å². The number of hydrogen-bond donors (Lipinski definition) is 0. The Kier molecular flexibility index (Phi) is 6.03. The van der Waals surface area contributed by atoms with E-state index in [2.05, 4.69) is 0 Å². The molecule has 6 heteroatoms. The minimum atomic E-state index is -3.17. The summed E-state index contributed by atoms with van der Waals surface area (Å²) in [5.41, 5.74) is 0. The first kappa shape index (κ1) is 14.2. The lowest BCUT2D eigenvalue weighted by Gasteiger charge is -2.36. The Labute approximate surface area is 103 Å². The van der Waals surface area contributed by atoms with Gasteiger partial charge in [-0.1, -0.05) is 6.42 Å². The zero-order valence-corrected chi connectivity index (χ0v) is 11.3. The number of ether oxygens (including phenoxy) is 1. The van der Waals surface area contributed by atoms with E-state index in [1.165, 1.54) is 7.11 Å². The number of alkyl halides is 1. The molecule has 0 heterocycles. The summed E-state index contributed by atoms with van der Waals surface area (Å²) < 4.78 is 30.5. The van der Waals surface area contributed by atoms with Crippen LogP contribution in [0.3, 0.4) is 0 Å². The number of nitrogens with zero attached hydrogens (tertiary/aromatic N) is 1. The lowest BCUT2D eigenvalue weighted by Crippen LogP contribution is -2.46. The van der Waals surface area contributed by atoms with Crippen molar-refractivity contribution in [2.24, 2.45) is 0 Å². The summed E-state index contributed by atoms with van der Waals surface area (Å²) >= 11 is 5.62. The second-order valence-electron chi connectivity index (χ2n) is 4.05. The summed E-state index contributed by atoms with van der Waals surface area (Å²) in [6, 6.07) is 0.199. The van der Waals surface area contributed by atoms with E-state index >= 15 is 0 Å². The van der Waals surface area contributed by atoms with E-state index in [-0.39, 0.29) is 18.4 Å². The second-order valence-corrected chi connectivity index (χ2v) is 6.47. The Hall–Kier alpha value is 0.160. The highest BCUT2D eigenvalue weighted by molar-refractivity contribution is 7.89. The average molecular weight is 270 g/mol. The van der Waals surface area contributed by atoms with Crippen LogP contribution in [0.2, 0.25) is 0 Å². The molecule has 0 spiro atoms. The highest BCUT2D eigenvalue weighted by Crippen LogP contribution is 2.27. The summed E-state index contributed by atoms with van der Waals surface area (Å²) in [4.78, 5) is 0. The summed E-state index contributed by atoms with van der Waals surface area (Å²) in [6.07, 6.45) is 3.80.